The highest BCUT2D eigenvalue weighted by molar-refractivity contribution is 8.26. The minimum absolute atomic E-state index is 0.0643. The molecule has 0 saturated carbocycles. The molecule has 3 aliphatic heterocycles. The average Bonchev–Trinajstić information content (AvgIpc) is 3.91. The van der Waals surface area contributed by atoms with Crippen LogP contribution < -0.4 is 9.47 Å². The molecule has 3 aliphatic rings. The molecular formula is C36H14F14N4O6S4. The topological polar surface area (TPSA) is 141 Å². The molecule has 2 amide bonds. The summed E-state index contributed by atoms with van der Waals surface area (Å²) in [7, 11) is 0. The van der Waals surface area contributed by atoms with Crippen molar-refractivity contribution in [1.29, 1.82) is 10.5 Å². The summed E-state index contributed by atoms with van der Waals surface area (Å²) in [5, 5.41) is 20.7. The number of hydrogen-bond acceptors (Lipinski definition) is 12. The van der Waals surface area contributed by atoms with E-state index in [0.29, 0.717) is 11.1 Å². The van der Waals surface area contributed by atoms with E-state index in [1.165, 1.54) is 36.4 Å². The summed E-state index contributed by atoms with van der Waals surface area (Å²) in [4.78, 5) is 49.3. The second-order valence-electron chi connectivity index (χ2n) is 12.7. The highest BCUT2D eigenvalue weighted by atomic mass is 32.2. The SMILES string of the molecule is N#CC(C#N)=C1Sc2c(OC(=O)C(F)(F)C(F)(F)C(F)(F)F)c3c(c(OC(=O)C(F)(F)C(F)(F)C(F)(F)F)c2S1)SC(=C1C(=O)N(Cc2ccccc2)N(Cc2ccccc2)C1=O)S3. The zero-order chi connectivity index (χ0) is 47.5. The minimum atomic E-state index is -7.17. The van der Waals surface area contributed by atoms with Crippen molar-refractivity contribution in [2.45, 2.75) is 68.7 Å². The largest absolute Gasteiger partial charge is 0.460 e. The van der Waals surface area contributed by atoms with Gasteiger partial charge >= 0.3 is 48.0 Å². The van der Waals surface area contributed by atoms with Gasteiger partial charge in [-0.15, -0.1) is 0 Å². The Morgan fingerprint density at radius 2 is 0.875 bits per heavy atom. The van der Waals surface area contributed by atoms with Gasteiger partial charge in [0.25, 0.3) is 11.8 Å². The summed E-state index contributed by atoms with van der Waals surface area (Å²) in [6, 6.07) is 18.1. The van der Waals surface area contributed by atoms with Crippen LogP contribution in [0.25, 0.3) is 0 Å². The molecule has 3 aromatic rings. The highest BCUT2D eigenvalue weighted by Gasteiger charge is 2.78. The van der Waals surface area contributed by atoms with Gasteiger partial charge in [-0.25, -0.2) is 19.6 Å². The van der Waals surface area contributed by atoms with Crippen molar-refractivity contribution in [3.8, 4) is 23.6 Å². The zero-order valence-corrected chi connectivity index (χ0v) is 33.6. The molecule has 0 bridgehead atoms. The van der Waals surface area contributed by atoms with Gasteiger partial charge in [0.15, 0.2) is 11.5 Å². The summed E-state index contributed by atoms with van der Waals surface area (Å²) in [5.74, 6) is -40.8. The van der Waals surface area contributed by atoms with E-state index in [1.54, 1.807) is 36.4 Å². The quantitative estimate of drug-likeness (QED) is 0.0477. The predicted octanol–water partition coefficient (Wildman–Crippen LogP) is 10.0. The molecule has 3 aromatic carbocycles. The van der Waals surface area contributed by atoms with E-state index in [4.69, 9.17) is 0 Å². The number of allylic oxidation sites excluding steroid dienone is 1. The van der Waals surface area contributed by atoms with Crippen LogP contribution in [0.5, 0.6) is 11.5 Å². The molecular weight excluding hydrogens is 979 g/mol. The fourth-order valence-corrected chi connectivity index (χ4v) is 10.7. The Morgan fingerprint density at radius 1 is 0.547 bits per heavy atom. The van der Waals surface area contributed by atoms with Gasteiger partial charge in [-0.2, -0.15) is 72.0 Å². The van der Waals surface area contributed by atoms with Crippen LogP contribution in [-0.2, 0) is 32.3 Å². The van der Waals surface area contributed by atoms with Gasteiger partial charge in [0, 0.05) is 0 Å². The third kappa shape index (κ3) is 8.08. The maximum atomic E-state index is 14.8. The van der Waals surface area contributed by atoms with Crippen molar-refractivity contribution in [3.05, 3.63) is 91.4 Å². The van der Waals surface area contributed by atoms with Crippen molar-refractivity contribution >= 4 is 70.8 Å². The highest BCUT2D eigenvalue weighted by Crippen LogP contribution is 2.69. The number of nitrogens with zero attached hydrogens (tertiary/aromatic N) is 4. The maximum Gasteiger partial charge on any atom is 0.460 e. The Balaban J connectivity index is 1.58. The summed E-state index contributed by atoms with van der Waals surface area (Å²) in [5.41, 5.74) is -1.06. The lowest BCUT2D eigenvalue weighted by molar-refractivity contribution is -0.347. The summed E-state index contributed by atoms with van der Waals surface area (Å²) in [6.07, 6.45) is -14.3. The van der Waals surface area contributed by atoms with E-state index in [0.717, 1.165) is 10.0 Å². The third-order valence-electron chi connectivity index (χ3n) is 8.59. The smallest absolute Gasteiger partial charge is 0.419 e. The molecule has 0 unspecified atom stereocenters. The molecule has 0 radical (unpaired) electrons. The predicted molar refractivity (Wildman–Crippen MR) is 192 cm³/mol. The van der Waals surface area contributed by atoms with Gasteiger partial charge in [-0.1, -0.05) is 108 Å². The Morgan fingerprint density at radius 3 is 1.19 bits per heavy atom. The molecule has 0 spiro atoms. The van der Waals surface area contributed by atoms with Crippen molar-refractivity contribution in [2.75, 3.05) is 0 Å². The van der Waals surface area contributed by atoms with Crippen LogP contribution in [0.3, 0.4) is 0 Å². The number of carbonyl (C=O) groups excluding carboxylic acids is 4. The molecule has 0 aliphatic carbocycles. The Kier molecular flexibility index (Phi) is 12.5. The lowest BCUT2D eigenvalue weighted by Crippen LogP contribution is -2.57. The third-order valence-corrected chi connectivity index (χ3v) is 13.8. The molecule has 0 atom stereocenters. The normalized spacial score (nSPS) is 15.8. The molecule has 64 heavy (non-hydrogen) atoms. The van der Waals surface area contributed by atoms with Gasteiger partial charge in [-0.05, 0) is 11.1 Å². The molecule has 3 heterocycles. The molecule has 6 rings (SSSR count). The number of hydrogen-bond donors (Lipinski definition) is 0. The van der Waals surface area contributed by atoms with Crippen LogP contribution in [-0.4, -0.2) is 69.8 Å². The first-order valence-corrected chi connectivity index (χ1v) is 19.9. The number of fused-ring (bicyclic) bond motifs is 2. The van der Waals surface area contributed by atoms with Crippen molar-refractivity contribution in [1.82, 2.24) is 10.0 Å². The first-order valence-electron chi connectivity index (χ1n) is 16.7. The molecule has 1 fully saturated rings. The summed E-state index contributed by atoms with van der Waals surface area (Å²) in [6.45, 7) is -0.713. The van der Waals surface area contributed by atoms with E-state index in [9.17, 15) is 91.2 Å². The number of nitriles is 2. The van der Waals surface area contributed by atoms with Crippen LogP contribution in [0.15, 0.2) is 99.9 Å². The average molecular weight is 993 g/mol. The Bertz CT molecular complexity index is 2460. The fourth-order valence-electron chi connectivity index (χ4n) is 5.40. The van der Waals surface area contributed by atoms with Gasteiger partial charge in [-0.3, -0.25) is 9.59 Å². The van der Waals surface area contributed by atoms with Crippen molar-refractivity contribution < 1.29 is 90.1 Å². The van der Waals surface area contributed by atoms with E-state index >= 15 is 0 Å². The number of rotatable bonds is 10. The van der Waals surface area contributed by atoms with Gasteiger partial charge < -0.3 is 9.47 Å². The van der Waals surface area contributed by atoms with Crippen molar-refractivity contribution in [3.63, 3.8) is 0 Å². The molecule has 10 nitrogen and oxygen atoms in total. The standard InChI is InChI=1S/C36H14F14N4O6S4/c37-31(38,33(41,42)35(45,46)47)29(57)59-19-21-22(62-27(61-21)17(11-51)12-52)20(60-30(58)32(39,40)34(43,44)36(48,49)50)24-23(19)63-28(64-24)18-25(55)53(13-15-7-3-1-4-8-15)54(26(18)56)14-16-9-5-2-6-10-16/h1-10H,13-14H2. The summed E-state index contributed by atoms with van der Waals surface area (Å²) < 4.78 is 202. The lowest BCUT2D eigenvalue weighted by Gasteiger charge is -2.27. The molecule has 0 aromatic heterocycles. The van der Waals surface area contributed by atoms with E-state index in [1.807, 2.05) is 0 Å². The number of amides is 2. The van der Waals surface area contributed by atoms with E-state index in [-0.39, 0.29) is 60.1 Å². The van der Waals surface area contributed by atoms with Crippen LogP contribution in [0.4, 0.5) is 61.5 Å². The number of carbonyl (C=O) groups is 4. The molecule has 0 N–H and O–H groups in total. The first kappa shape index (κ1) is 47.9. The molecule has 1 saturated heterocycles. The van der Waals surface area contributed by atoms with Crippen LogP contribution >= 0.6 is 47.0 Å². The van der Waals surface area contributed by atoms with Gasteiger partial charge in [0.05, 0.1) is 41.1 Å². The number of halogens is 14. The second-order valence-corrected chi connectivity index (χ2v) is 17.3. The minimum Gasteiger partial charge on any atom is -0.419 e. The number of ether oxygens (including phenoxy) is 2. The first-order chi connectivity index (χ1) is 29.6. The zero-order valence-electron chi connectivity index (χ0n) is 30.4. The maximum absolute atomic E-state index is 14.8. The summed E-state index contributed by atoms with van der Waals surface area (Å²) >= 11 is -0.293. The Labute approximate surface area is 364 Å². The van der Waals surface area contributed by atoms with Crippen molar-refractivity contribution in [2.24, 2.45) is 0 Å². The van der Waals surface area contributed by atoms with Gasteiger partial charge in [0.1, 0.15) is 23.3 Å². The fraction of sp³-hybridized carbons (Fsp3) is 0.222. The number of hydrazine groups is 1. The van der Waals surface area contributed by atoms with Gasteiger partial charge in [0.2, 0.25) is 0 Å². The lowest BCUT2D eigenvalue weighted by atomic mass is 10.1. The monoisotopic (exact) mass is 992 g/mol. The Hall–Kier alpha value is -5.58. The van der Waals surface area contributed by atoms with E-state index < -0.39 is 110 Å². The number of thioether (sulfide) groups is 4. The second kappa shape index (κ2) is 16.8. The van der Waals surface area contributed by atoms with Crippen LogP contribution in [0.2, 0.25) is 0 Å². The van der Waals surface area contributed by atoms with Crippen LogP contribution in [0.1, 0.15) is 11.1 Å². The number of benzene rings is 3. The van der Waals surface area contributed by atoms with E-state index in [2.05, 4.69) is 9.47 Å². The molecule has 336 valence electrons. The number of alkyl halides is 14. The number of esters is 2. The van der Waals surface area contributed by atoms with Crippen LogP contribution in [0, 0.1) is 22.7 Å². The molecule has 28 heteroatoms.